The van der Waals surface area contributed by atoms with Gasteiger partial charge >= 0.3 is 12.1 Å². The Balaban J connectivity index is 2.19. The largest absolute Gasteiger partial charge is 0.573 e. The molecule has 0 bridgehead atoms. The predicted molar refractivity (Wildman–Crippen MR) is 91.8 cm³/mol. The van der Waals surface area contributed by atoms with Gasteiger partial charge in [-0.25, -0.2) is 18.3 Å². The molecule has 0 fully saturated rings. The van der Waals surface area contributed by atoms with Crippen LogP contribution in [0.25, 0.3) is 11.0 Å². The number of H-pyrrole nitrogens is 2. The minimum absolute atomic E-state index is 0.0823. The zero-order chi connectivity index (χ0) is 21.5. The molecular formula is C17H15F5N4O3. The summed E-state index contributed by atoms with van der Waals surface area (Å²) in [5.41, 5.74) is -1.83. The number of nitrogens with zero attached hydrogens (tertiary/aromatic N) is 2. The number of ether oxygens (including phenoxy) is 1. The SMILES string of the molecule is CC(C)[C@H](c1ccc(OC(F)(F)F)c(F)c1)n1nc(CF)c2c(=O)[nH]c(=O)[nH]c21. The van der Waals surface area contributed by atoms with Crippen LogP contribution in [0, 0.1) is 11.7 Å². The van der Waals surface area contributed by atoms with E-state index in [-0.39, 0.29) is 28.2 Å². The number of hydrogen-bond donors (Lipinski definition) is 2. The molecule has 1 aromatic carbocycles. The molecule has 7 nitrogen and oxygen atoms in total. The van der Waals surface area contributed by atoms with Crippen molar-refractivity contribution in [1.82, 2.24) is 19.7 Å². The van der Waals surface area contributed by atoms with Gasteiger partial charge in [0.1, 0.15) is 23.4 Å². The smallest absolute Gasteiger partial charge is 0.403 e. The molecule has 0 amide bonds. The number of nitrogens with one attached hydrogen (secondary N) is 2. The highest BCUT2D eigenvalue weighted by Crippen LogP contribution is 2.33. The van der Waals surface area contributed by atoms with Crippen molar-refractivity contribution in [2.45, 2.75) is 32.9 Å². The molecule has 0 saturated carbocycles. The Labute approximate surface area is 159 Å². The van der Waals surface area contributed by atoms with Gasteiger partial charge in [0, 0.05) is 0 Å². The molecule has 3 aromatic rings. The number of rotatable bonds is 5. The van der Waals surface area contributed by atoms with Crippen LogP contribution in [0.4, 0.5) is 22.0 Å². The second-order valence-electron chi connectivity index (χ2n) is 6.58. The fourth-order valence-electron chi connectivity index (χ4n) is 3.16. The van der Waals surface area contributed by atoms with E-state index in [2.05, 4.69) is 14.8 Å². The highest BCUT2D eigenvalue weighted by atomic mass is 19.4. The van der Waals surface area contributed by atoms with Gasteiger partial charge in [0.05, 0.1) is 6.04 Å². The summed E-state index contributed by atoms with van der Waals surface area (Å²) in [6.45, 7) is 2.31. The first-order valence-electron chi connectivity index (χ1n) is 8.36. The summed E-state index contributed by atoms with van der Waals surface area (Å²) in [5, 5.41) is 3.87. The minimum atomic E-state index is -5.06. The van der Waals surface area contributed by atoms with Gasteiger partial charge in [0.15, 0.2) is 11.6 Å². The number of aromatic nitrogens is 4. The van der Waals surface area contributed by atoms with E-state index in [9.17, 15) is 31.5 Å². The maximum atomic E-state index is 14.2. The van der Waals surface area contributed by atoms with Crippen LogP contribution >= 0.6 is 0 Å². The topological polar surface area (TPSA) is 92.8 Å². The molecule has 0 aliphatic heterocycles. The number of fused-ring (bicyclic) bond motifs is 1. The molecule has 3 rings (SSSR count). The van der Waals surface area contributed by atoms with E-state index >= 15 is 0 Å². The second kappa shape index (κ2) is 7.33. The highest BCUT2D eigenvalue weighted by molar-refractivity contribution is 5.77. The molecule has 29 heavy (non-hydrogen) atoms. The number of hydrogen-bond acceptors (Lipinski definition) is 4. The molecule has 0 aliphatic carbocycles. The van der Waals surface area contributed by atoms with Crippen molar-refractivity contribution in [3.8, 4) is 5.75 Å². The summed E-state index contributed by atoms with van der Waals surface area (Å²) in [4.78, 5) is 28.1. The molecule has 2 N–H and O–H groups in total. The van der Waals surface area contributed by atoms with Crippen molar-refractivity contribution in [1.29, 1.82) is 0 Å². The Kier molecular flexibility index (Phi) is 5.20. The molecule has 0 aliphatic rings. The molecule has 0 saturated heterocycles. The van der Waals surface area contributed by atoms with Crippen molar-refractivity contribution in [3.05, 3.63) is 56.1 Å². The van der Waals surface area contributed by atoms with Crippen molar-refractivity contribution in [2.24, 2.45) is 5.92 Å². The Morgan fingerprint density at radius 2 is 1.90 bits per heavy atom. The Morgan fingerprint density at radius 1 is 1.21 bits per heavy atom. The van der Waals surface area contributed by atoms with Crippen LogP contribution < -0.4 is 16.0 Å². The standard InChI is InChI=1S/C17H15F5N4O3/c1-7(2)13(8-3-4-11(9(19)5-8)29-17(20,21)22)26-14-12(10(6-18)25-26)15(27)24-16(28)23-14/h3-5,7,13H,6H2,1-2H3,(H2,23,24,27,28)/t13-/m1/s1. The lowest BCUT2D eigenvalue weighted by molar-refractivity contribution is -0.275. The van der Waals surface area contributed by atoms with Gasteiger partial charge in [0.25, 0.3) is 5.56 Å². The molecule has 2 heterocycles. The molecule has 12 heteroatoms. The van der Waals surface area contributed by atoms with Crippen LogP contribution in [0.3, 0.4) is 0 Å². The summed E-state index contributed by atoms with van der Waals surface area (Å²) < 4.78 is 69.4. The molecule has 156 valence electrons. The number of halogens is 5. The van der Waals surface area contributed by atoms with Crippen molar-refractivity contribution in [3.63, 3.8) is 0 Å². The predicted octanol–water partition coefficient (Wildman–Crippen LogP) is 3.17. The van der Waals surface area contributed by atoms with Crippen molar-refractivity contribution < 1.29 is 26.7 Å². The molecule has 2 aromatic heterocycles. The normalized spacial score (nSPS) is 13.2. The summed E-state index contributed by atoms with van der Waals surface area (Å²) >= 11 is 0. The van der Waals surface area contributed by atoms with Gasteiger partial charge in [-0.1, -0.05) is 19.9 Å². The van der Waals surface area contributed by atoms with Gasteiger partial charge in [-0.3, -0.25) is 14.8 Å². The average Bonchev–Trinajstić information content (AvgIpc) is 2.94. The molecule has 0 spiro atoms. The Hall–Kier alpha value is -3.18. The van der Waals surface area contributed by atoms with Crippen LogP contribution in [0.2, 0.25) is 0 Å². The molecule has 0 radical (unpaired) electrons. The van der Waals surface area contributed by atoms with Gasteiger partial charge < -0.3 is 4.74 Å². The number of benzene rings is 1. The maximum absolute atomic E-state index is 14.2. The zero-order valence-electron chi connectivity index (χ0n) is 15.1. The van der Waals surface area contributed by atoms with E-state index in [0.29, 0.717) is 0 Å². The first-order valence-corrected chi connectivity index (χ1v) is 8.36. The third-order valence-corrected chi connectivity index (χ3v) is 4.21. The van der Waals surface area contributed by atoms with Crippen LogP contribution in [0.15, 0.2) is 27.8 Å². The monoisotopic (exact) mass is 418 g/mol. The molecular weight excluding hydrogens is 403 g/mol. The number of aromatic amines is 2. The van der Waals surface area contributed by atoms with E-state index in [1.54, 1.807) is 13.8 Å². The molecule has 1 atom stereocenters. The third kappa shape index (κ3) is 4.00. The average molecular weight is 418 g/mol. The lowest BCUT2D eigenvalue weighted by Gasteiger charge is -2.23. The van der Waals surface area contributed by atoms with Gasteiger partial charge in [-0.05, 0) is 23.6 Å². The minimum Gasteiger partial charge on any atom is -0.403 e. The van der Waals surface area contributed by atoms with E-state index in [0.717, 1.165) is 16.8 Å². The van der Waals surface area contributed by atoms with Crippen LogP contribution in [-0.4, -0.2) is 26.1 Å². The van der Waals surface area contributed by atoms with Crippen molar-refractivity contribution >= 4 is 11.0 Å². The summed E-state index contributed by atoms with van der Waals surface area (Å²) in [6.07, 6.45) is -5.06. The summed E-state index contributed by atoms with van der Waals surface area (Å²) in [5.74, 6) is -2.61. The van der Waals surface area contributed by atoms with E-state index in [1.807, 2.05) is 4.98 Å². The fourth-order valence-corrected chi connectivity index (χ4v) is 3.16. The Bertz CT molecular complexity index is 1160. The van der Waals surface area contributed by atoms with E-state index in [1.165, 1.54) is 6.07 Å². The maximum Gasteiger partial charge on any atom is 0.573 e. The first kappa shape index (κ1) is 20.6. The zero-order valence-corrected chi connectivity index (χ0v) is 15.1. The fraction of sp³-hybridized carbons (Fsp3) is 0.353. The second-order valence-corrected chi connectivity index (χ2v) is 6.58. The van der Waals surface area contributed by atoms with Gasteiger partial charge in [-0.2, -0.15) is 5.10 Å². The van der Waals surface area contributed by atoms with Crippen LogP contribution in [0.5, 0.6) is 5.75 Å². The quantitative estimate of drug-likeness (QED) is 0.623. The lowest BCUT2D eigenvalue weighted by atomic mass is 9.96. The first-order chi connectivity index (χ1) is 13.5. The third-order valence-electron chi connectivity index (χ3n) is 4.21. The summed E-state index contributed by atoms with van der Waals surface area (Å²) in [6, 6.07) is 2.01. The highest BCUT2D eigenvalue weighted by Gasteiger charge is 2.33. The lowest BCUT2D eigenvalue weighted by Crippen LogP contribution is -2.25. The van der Waals surface area contributed by atoms with Gasteiger partial charge in [-0.15, -0.1) is 13.2 Å². The number of alkyl halides is 4. The van der Waals surface area contributed by atoms with Crippen LogP contribution in [-0.2, 0) is 6.67 Å². The van der Waals surface area contributed by atoms with Gasteiger partial charge in [0.2, 0.25) is 0 Å². The van der Waals surface area contributed by atoms with E-state index < -0.39 is 41.9 Å². The van der Waals surface area contributed by atoms with Crippen LogP contribution in [0.1, 0.15) is 31.1 Å². The summed E-state index contributed by atoms with van der Waals surface area (Å²) in [7, 11) is 0. The van der Waals surface area contributed by atoms with Crippen molar-refractivity contribution in [2.75, 3.05) is 0 Å². The van der Waals surface area contributed by atoms with E-state index in [4.69, 9.17) is 0 Å². The Morgan fingerprint density at radius 3 is 2.45 bits per heavy atom. The molecule has 0 unspecified atom stereocenters.